The molecule has 0 bridgehead atoms. The topological polar surface area (TPSA) is 128 Å². The van der Waals surface area contributed by atoms with Crippen LogP contribution in [0.5, 0.6) is 0 Å². The third kappa shape index (κ3) is 3.71. The van der Waals surface area contributed by atoms with E-state index in [1.807, 2.05) is 29.0 Å². The Bertz CT molecular complexity index is 1380. The highest BCUT2D eigenvalue weighted by Crippen LogP contribution is 2.37. The highest BCUT2D eigenvalue weighted by atomic mass is 16.5. The SMILES string of the molecule is CNc1cc(-c2cnc3n([C@H]4CCOC[C@@H]4O)cccc2-3)nc2c(C(=O)N[C@@H]3CC[C@H]3OC)cnn12. The second kappa shape index (κ2) is 9.16. The molecule has 0 radical (unpaired) electrons. The molecule has 4 aliphatic rings. The van der Waals surface area contributed by atoms with Gasteiger partial charge in [-0.2, -0.15) is 9.61 Å². The molecular formula is C25H29N7O4. The van der Waals surface area contributed by atoms with Gasteiger partial charge in [0, 0.05) is 50.4 Å². The normalized spacial score (nSPS) is 24.1. The van der Waals surface area contributed by atoms with Crippen LogP contribution in [-0.4, -0.2) is 80.8 Å². The van der Waals surface area contributed by atoms with Crippen LogP contribution < -0.4 is 10.6 Å². The fraction of sp³-hybridized carbons (Fsp3) is 0.440. The zero-order chi connectivity index (χ0) is 24.8. The van der Waals surface area contributed by atoms with Gasteiger partial charge in [-0.1, -0.05) is 0 Å². The predicted molar refractivity (Wildman–Crippen MR) is 132 cm³/mol. The molecule has 0 unspecified atom stereocenters. The lowest BCUT2D eigenvalue weighted by molar-refractivity contribution is -0.0383. The number of fused-ring (bicyclic) bond motifs is 2. The molecule has 11 heteroatoms. The summed E-state index contributed by atoms with van der Waals surface area (Å²) < 4.78 is 14.5. The number of pyridine rings is 1. The van der Waals surface area contributed by atoms with Crippen LogP contribution in [0.1, 0.15) is 35.7 Å². The molecule has 6 rings (SSSR count). The molecule has 4 atom stereocenters. The van der Waals surface area contributed by atoms with Gasteiger partial charge in [-0.3, -0.25) is 4.79 Å². The molecule has 1 amide bonds. The third-order valence-corrected chi connectivity index (χ3v) is 7.33. The molecule has 1 saturated carbocycles. The molecule has 188 valence electrons. The van der Waals surface area contributed by atoms with Crippen LogP contribution in [0.4, 0.5) is 5.82 Å². The average molecular weight is 492 g/mol. The largest absolute Gasteiger partial charge is 0.389 e. The fourth-order valence-corrected chi connectivity index (χ4v) is 5.17. The zero-order valence-corrected chi connectivity index (χ0v) is 20.2. The maximum Gasteiger partial charge on any atom is 0.257 e. The van der Waals surface area contributed by atoms with E-state index in [0.717, 1.165) is 29.8 Å². The van der Waals surface area contributed by atoms with Gasteiger partial charge in [0.25, 0.3) is 5.91 Å². The fourth-order valence-electron chi connectivity index (χ4n) is 5.17. The molecule has 11 nitrogen and oxygen atoms in total. The number of hydrogen-bond donors (Lipinski definition) is 3. The number of nitrogens with one attached hydrogen (secondary N) is 2. The van der Waals surface area contributed by atoms with Gasteiger partial charge in [-0.15, -0.1) is 0 Å². The predicted octanol–water partition coefficient (Wildman–Crippen LogP) is 1.97. The van der Waals surface area contributed by atoms with Crippen molar-refractivity contribution in [3.63, 3.8) is 0 Å². The Kier molecular flexibility index (Phi) is 5.82. The molecule has 2 aromatic heterocycles. The van der Waals surface area contributed by atoms with Gasteiger partial charge in [0.1, 0.15) is 17.2 Å². The van der Waals surface area contributed by atoms with Crippen molar-refractivity contribution < 1.29 is 19.4 Å². The minimum absolute atomic E-state index is 0.0106. The number of nitrogens with zero attached hydrogens (tertiary/aromatic N) is 5. The summed E-state index contributed by atoms with van der Waals surface area (Å²) in [6, 6.07) is 5.72. The highest BCUT2D eigenvalue weighted by molar-refractivity contribution is 6.00. The van der Waals surface area contributed by atoms with E-state index >= 15 is 0 Å². The first-order valence-electron chi connectivity index (χ1n) is 12.2. The number of carbonyl (C=O) groups excluding carboxylic acids is 1. The van der Waals surface area contributed by atoms with E-state index in [4.69, 9.17) is 19.4 Å². The van der Waals surface area contributed by atoms with Crippen LogP contribution in [0.15, 0.2) is 36.8 Å². The molecule has 5 heterocycles. The molecule has 2 aromatic rings. The number of anilines is 1. The van der Waals surface area contributed by atoms with E-state index in [2.05, 4.69) is 15.7 Å². The number of aromatic nitrogens is 5. The Morgan fingerprint density at radius 2 is 2.14 bits per heavy atom. The summed E-state index contributed by atoms with van der Waals surface area (Å²) in [5.74, 6) is 1.25. The summed E-state index contributed by atoms with van der Waals surface area (Å²) in [6.45, 7) is 0.907. The maximum atomic E-state index is 13.1. The lowest BCUT2D eigenvalue weighted by atomic mass is 9.89. The van der Waals surface area contributed by atoms with Gasteiger partial charge < -0.3 is 29.8 Å². The number of aliphatic hydroxyl groups excluding tert-OH is 1. The quantitative estimate of drug-likeness (QED) is 0.374. The van der Waals surface area contributed by atoms with Crippen molar-refractivity contribution >= 4 is 17.4 Å². The van der Waals surface area contributed by atoms with Crippen LogP contribution in [0.25, 0.3) is 28.3 Å². The van der Waals surface area contributed by atoms with E-state index in [-0.39, 0.29) is 24.1 Å². The van der Waals surface area contributed by atoms with E-state index in [1.54, 1.807) is 31.1 Å². The summed E-state index contributed by atoms with van der Waals surface area (Å²) in [7, 11) is 3.47. The Labute approximate surface area is 207 Å². The molecule has 1 saturated heterocycles. The number of ether oxygens (including phenoxy) is 2. The smallest absolute Gasteiger partial charge is 0.257 e. The monoisotopic (exact) mass is 491 g/mol. The van der Waals surface area contributed by atoms with Crippen molar-refractivity contribution in [3.05, 3.63) is 42.4 Å². The summed E-state index contributed by atoms with van der Waals surface area (Å²) in [6.07, 6.45) is 7.25. The van der Waals surface area contributed by atoms with Crippen LogP contribution in [0.3, 0.4) is 0 Å². The minimum Gasteiger partial charge on any atom is -0.389 e. The second-order valence-corrected chi connectivity index (χ2v) is 9.32. The zero-order valence-electron chi connectivity index (χ0n) is 20.2. The Morgan fingerprint density at radius 1 is 1.25 bits per heavy atom. The number of methoxy groups -OCH3 is 1. The van der Waals surface area contributed by atoms with Gasteiger partial charge in [-0.05, 0) is 31.4 Å². The Hall–Kier alpha value is -3.54. The van der Waals surface area contributed by atoms with Crippen LogP contribution in [-0.2, 0) is 9.47 Å². The van der Waals surface area contributed by atoms with Gasteiger partial charge in [-0.25, -0.2) is 9.97 Å². The van der Waals surface area contributed by atoms with Crippen molar-refractivity contribution in [2.24, 2.45) is 0 Å². The third-order valence-electron chi connectivity index (χ3n) is 7.33. The molecule has 3 aliphatic heterocycles. The summed E-state index contributed by atoms with van der Waals surface area (Å²) >= 11 is 0. The van der Waals surface area contributed by atoms with Crippen molar-refractivity contribution in [3.8, 4) is 22.6 Å². The first-order valence-corrected chi connectivity index (χ1v) is 12.2. The number of rotatable bonds is 6. The number of aliphatic hydroxyl groups is 1. The van der Waals surface area contributed by atoms with E-state index in [1.165, 1.54) is 0 Å². The van der Waals surface area contributed by atoms with Crippen molar-refractivity contribution in [2.75, 3.05) is 32.7 Å². The second-order valence-electron chi connectivity index (χ2n) is 9.32. The first-order chi connectivity index (χ1) is 17.6. The molecule has 36 heavy (non-hydrogen) atoms. The van der Waals surface area contributed by atoms with Crippen molar-refractivity contribution in [1.29, 1.82) is 0 Å². The number of carbonyl (C=O) groups is 1. The van der Waals surface area contributed by atoms with Gasteiger partial charge in [0.2, 0.25) is 0 Å². The molecule has 0 spiro atoms. The van der Waals surface area contributed by atoms with E-state index in [0.29, 0.717) is 42.4 Å². The van der Waals surface area contributed by atoms with Crippen LogP contribution >= 0.6 is 0 Å². The van der Waals surface area contributed by atoms with Crippen molar-refractivity contribution in [1.82, 2.24) is 29.5 Å². The summed E-state index contributed by atoms with van der Waals surface area (Å²) in [5, 5.41) is 21.1. The standard InChI is InChI=1S/C25H29N7O4/c1-26-22-10-18(29-24-16(12-28-32(22)24)25(34)30-17-5-6-21(17)35-2)15-11-27-23-14(15)4-3-8-31(23)19-7-9-36-13-20(19)33/h3-4,8,10-12,17,19-21,26,33H,5-7,9,13H2,1-2H3,(H,30,34)/t17-,19+,20+,21-/m1/s1. The van der Waals surface area contributed by atoms with E-state index < -0.39 is 6.10 Å². The van der Waals surface area contributed by atoms with E-state index in [9.17, 15) is 9.90 Å². The minimum atomic E-state index is -0.596. The lowest BCUT2D eigenvalue weighted by Crippen LogP contribution is -2.51. The first kappa shape index (κ1) is 22.9. The lowest BCUT2D eigenvalue weighted by Gasteiger charge is -2.35. The summed E-state index contributed by atoms with van der Waals surface area (Å²) in [4.78, 5) is 22.7. The molecular weight excluding hydrogens is 462 g/mol. The number of hydrogen-bond acceptors (Lipinski definition) is 8. The van der Waals surface area contributed by atoms with Crippen molar-refractivity contribution in [2.45, 2.75) is 43.6 Å². The van der Waals surface area contributed by atoms with Gasteiger partial charge in [0.05, 0.1) is 42.8 Å². The highest BCUT2D eigenvalue weighted by Gasteiger charge is 2.33. The van der Waals surface area contributed by atoms with Crippen LogP contribution in [0, 0.1) is 0 Å². The Morgan fingerprint density at radius 3 is 2.89 bits per heavy atom. The van der Waals surface area contributed by atoms with Gasteiger partial charge in [0.15, 0.2) is 5.65 Å². The Balaban J connectivity index is 1.38. The van der Waals surface area contributed by atoms with Gasteiger partial charge >= 0.3 is 0 Å². The summed E-state index contributed by atoms with van der Waals surface area (Å²) in [5.41, 5.74) is 3.29. The number of amides is 1. The molecule has 0 aromatic carbocycles. The van der Waals surface area contributed by atoms with Crippen LogP contribution in [0.2, 0.25) is 0 Å². The molecule has 1 aliphatic carbocycles. The molecule has 3 N–H and O–H groups in total. The maximum absolute atomic E-state index is 13.1. The molecule has 2 fully saturated rings. The average Bonchev–Trinajstić information content (AvgIpc) is 3.51.